The third-order valence-corrected chi connectivity index (χ3v) is 1.88. The van der Waals surface area contributed by atoms with Crippen LogP contribution in [-0.4, -0.2) is 4.98 Å². The molecule has 1 nitrogen and oxygen atoms in total. The largest absolute Gasteiger partial charge is 0.256 e. The second-order valence-electron chi connectivity index (χ2n) is 3.33. The van der Waals surface area contributed by atoms with Crippen molar-refractivity contribution in [1.82, 2.24) is 4.98 Å². The summed E-state index contributed by atoms with van der Waals surface area (Å²) in [6.45, 7) is 7.99. The molecule has 1 heterocycles. The summed E-state index contributed by atoms with van der Waals surface area (Å²) < 4.78 is 0. The molecule has 0 aliphatic heterocycles. The van der Waals surface area contributed by atoms with E-state index in [9.17, 15) is 0 Å². The van der Waals surface area contributed by atoms with E-state index in [1.165, 1.54) is 6.42 Å². The Morgan fingerprint density at radius 2 is 1.87 bits per heavy atom. The molecule has 0 aliphatic carbocycles. The van der Waals surface area contributed by atoms with Crippen molar-refractivity contribution in [2.75, 3.05) is 0 Å². The summed E-state index contributed by atoms with van der Waals surface area (Å²) in [5.74, 6) is 0. The molecule has 2 rings (SSSR count). The molecule has 1 heteroatoms. The van der Waals surface area contributed by atoms with Crippen molar-refractivity contribution in [2.24, 2.45) is 0 Å². The van der Waals surface area contributed by atoms with Gasteiger partial charge in [0.2, 0.25) is 0 Å². The van der Waals surface area contributed by atoms with E-state index < -0.39 is 0 Å². The van der Waals surface area contributed by atoms with Gasteiger partial charge in [-0.2, -0.15) is 0 Å². The molecule has 0 fully saturated rings. The average Bonchev–Trinajstić information content (AvgIpc) is 2.29. The van der Waals surface area contributed by atoms with Crippen LogP contribution in [0.15, 0.2) is 43.1 Å². The van der Waals surface area contributed by atoms with Gasteiger partial charge in [-0.3, -0.25) is 4.98 Å². The highest BCUT2D eigenvalue weighted by Crippen LogP contribution is 2.15. The zero-order valence-electron chi connectivity index (χ0n) is 9.40. The Hall–Kier alpha value is -1.63. The lowest BCUT2D eigenvalue weighted by Gasteiger charge is -1.98. The standard InChI is InChI=1S/C11H9N.C3H8/c1-2-9-5-3-6-10-7-4-8-12-11(9)10;1-3-2/h2-8H,1H2;3H2,1-2H3. The van der Waals surface area contributed by atoms with Crippen molar-refractivity contribution in [1.29, 1.82) is 0 Å². The van der Waals surface area contributed by atoms with Gasteiger partial charge in [-0.25, -0.2) is 0 Å². The number of para-hydroxylation sites is 1. The number of benzene rings is 1. The van der Waals surface area contributed by atoms with Gasteiger partial charge in [0.15, 0.2) is 0 Å². The van der Waals surface area contributed by atoms with E-state index in [1.807, 2.05) is 24.3 Å². The average molecular weight is 199 g/mol. The molecule has 0 radical (unpaired) electrons. The van der Waals surface area contributed by atoms with E-state index in [1.54, 1.807) is 6.20 Å². The molecule has 1 aromatic carbocycles. The van der Waals surface area contributed by atoms with Crippen LogP contribution in [0.5, 0.6) is 0 Å². The fraction of sp³-hybridized carbons (Fsp3) is 0.214. The van der Waals surface area contributed by atoms with Gasteiger partial charge >= 0.3 is 0 Å². The topological polar surface area (TPSA) is 12.9 Å². The number of hydrogen-bond donors (Lipinski definition) is 0. The van der Waals surface area contributed by atoms with Gasteiger partial charge in [-0.15, -0.1) is 0 Å². The van der Waals surface area contributed by atoms with Gasteiger partial charge in [0.05, 0.1) is 5.52 Å². The van der Waals surface area contributed by atoms with Crippen molar-refractivity contribution in [2.45, 2.75) is 20.3 Å². The van der Waals surface area contributed by atoms with Crippen molar-refractivity contribution < 1.29 is 0 Å². The summed E-state index contributed by atoms with van der Waals surface area (Å²) in [5.41, 5.74) is 2.11. The predicted octanol–water partition coefficient (Wildman–Crippen LogP) is 4.29. The molecule has 0 saturated carbocycles. The highest BCUT2D eigenvalue weighted by molar-refractivity contribution is 5.86. The van der Waals surface area contributed by atoms with Crippen molar-refractivity contribution in [3.8, 4) is 0 Å². The van der Waals surface area contributed by atoms with Crippen LogP contribution in [0.25, 0.3) is 17.0 Å². The summed E-state index contributed by atoms with van der Waals surface area (Å²) >= 11 is 0. The Morgan fingerprint density at radius 1 is 1.20 bits per heavy atom. The molecule has 0 aliphatic rings. The Morgan fingerprint density at radius 3 is 2.53 bits per heavy atom. The first-order chi connectivity index (χ1) is 7.33. The number of hydrogen-bond acceptors (Lipinski definition) is 1. The fourth-order valence-electron chi connectivity index (χ4n) is 1.29. The third-order valence-electron chi connectivity index (χ3n) is 1.88. The van der Waals surface area contributed by atoms with Crippen LogP contribution in [0, 0.1) is 0 Å². The monoisotopic (exact) mass is 199 g/mol. The molecular formula is C14H17N. The molecular weight excluding hydrogens is 182 g/mol. The third kappa shape index (κ3) is 2.91. The van der Waals surface area contributed by atoms with E-state index in [0.29, 0.717) is 0 Å². The van der Waals surface area contributed by atoms with Crippen LogP contribution < -0.4 is 0 Å². The minimum atomic E-state index is 1.02. The number of pyridine rings is 1. The minimum absolute atomic E-state index is 1.02. The quantitative estimate of drug-likeness (QED) is 0.667. The SMILES string of the molecule is C=Cc1cccc2cccnc12.CCC. The lowest BCUT2D eigenvalue weighted by molar-refractivity contribution is 1.09. The highest BCUT2D eigenvalue weighted by atomic mass is 14.6. The van der Waals surface area contributed by atoms with Crippen molar-refractivity contribution >= 4 is 17.0 Å². The van der Waals surface area contributed by atoms with E-state index in [2.05, 4.69) is 37.5 Å². The lowest BCUT2D eigenvalue weighted by Crippen LogP contribution is -1.80. The van der Waals surface area contributed by atoms with Gasteiger partial charge in [-0.05, 0) is 6.07 Å². The molecule has 0 amide bonds. The molecule has 15 heavy (non-hydrogen) atoms. The summed E-state index contributed by atoms with van der Waals surface area (Å²) in [6.07, 6.45) is 4.88. The summed E-state index contributed by atoms with van der Waals surface area (Å²) in [7, 11) is 0. The summed E-state index contributed by atoms with van der Waals surface area (Å²) in [5, 5.41) is 1.16. The molecule has 0 unspecified atom stereocenters. The van der Waals surface area contributed by atoms with Gasteiger partial charge in [0.25, 0.3) is 0 Å². The Bertz CT molecular complexity index is 427. The zero-order chi connectivity index (χ0) is 11.1. The van der Waals surface area contributed by atoms with E-state index in [0.717, 1.165) is 16.5 Å². The number of rotatable bonds is 1. The normalized spacial score (nSPS) is 9.20. The van der Waals surface area contributed by atoms with Gasteiger partial charge < -0.3 is 0 Å². The minimum Gasteiger partial charge on any atom is -0.256 e. The molecule has 0 atom stereocenters. The van der Waals surface area contributed by atoms with Gasteiger partial charge in [-0.1, -0.05) is 57.2 Å². The first-order valence-electron chi connectivity index (χ1n) is 5.29. The fourth-order valence-corrected chi connectivity index (χ4v) is 1.29. The van der Waals surface area contributed by atoms with Gasteiger partial charge in [0.1, 0.15) is 0 Å². The summed E-state index contributed by atoms with van der Waals surface area (Å²) in [4.78, 5) is 4.28. The highest BCUT2D eigenvalue weighted by Gasteiger charge is 1.95. The maximum atomic E-state index is 4.28. The van der Waals surface area contributed by atoms with Crippen LogP contribution in [0.2, 0.25) is 0 Å². The Balaban J connectivity index is 0.000000337. The summed E-state index contributed by atoms with van der Waals surface area (Å²) in [6, 6.07) is 10.1. The van der Waals surface area contributed by atoms with E-state index in [4.69, 9.17) is 0 Å². The molecule has 0 saturated heterocycles. The van der Waals surface area contributed by atoms with Crippen LogP contribution in [0.4, 0.5) is 0 Å². The predicted molar refractivity (Wildman–Crippen MR) is 67.8 cm³/mol. The molecule has 0 N–H and O–H groups in total. The zero-order valence-corrected chi connectivity index (χ0v) is 9.40. The van der Waals surface area contributed by atoms with Crippen LogP contribution >= 0.6 is 0 Å². The van der Waals surface area contributed by atoms with Crippen LogP contribution in [-0.2, 0) is 0 Å². The Labute approximate surface area is 91.5 Å². The molecule has 0 bridgehead atoms. The molecule has 0 spiro atoms. The maximum absolute atomic E-state index is 4.28. The molecule has 1 aromatic heterocycles. The smallest absolute Gasteiger partial charge is 0.0774 e. The Kier molecular flexibility index (Phi) is 4.55. The van der Waals surface area contributed by atoms with E-state index in [-0.39, 0.29) is 0 Å². The van der Waals surface area contributed by atoms with Crippen molar-refractivity contribution in [3.63, 3.8) is 0 Å². The first-order valence-corrected chi connectivity index (χ1v) is 5.29. The van der Waals surface area contributed by atoms with E-state index >= 15 is 0 Å². The second kappa shape index (κ2) is 5.97. The molecule has 2 aromatic rings. The number of fused-ring (bicyclic) bond motifs is 1. The van der Waals surface area contributed by atoms with Crippen LogP contribution in [0.3, 0.4) is 0 Å². The molecule has 78 valence electrons. The van der Waals surface area contributed by atoms with Crippen LogP contribution in [0.1, 0.15) is 25.8 Å². The second-order valence-corrected chi connectivity index (χ2v) is 3.33. The van der Waals surface area contributed by atoms with Gasteiger partial charge in [0, 0.05) is 17.1 Å². The lowest BCUT2D eigenvalue weighted by atomic mass is 10.1. The number of aromatic nitrogens is 1. The first kappa shape index (κ1) is 11.4. The maximum Gasteiger partial charge on any atom is 0.0774 e. The number of nitrogens with zero attached hydrogens (tertiary/aromatic N) is 1. The van der Waals surface area contributed by atoms with Crippen molar-refractivity contribution in [3.05, 3.63) is 48.7 Å².